The summed E-state index contributed by atoms with van der Waals surface area (Å²) in [5.41, 5.74) is -0.0994. The Balaban J connectivity index is 1.75. The molecule has 35 heavy (non-hydrogen) atoms. The first-order chi connectivity index (χ1) is 16.3. The average molecular weight is 510 g/mol. The zero-order chi connectivity index (χ0) is 25.8. The molecule has 0 atom stereocenters. The molecule has 186 valence electrons. The first-order valence-electron chi connectivity index (χ1n) is 10.6. The Morgan fingerprint density at radius 1 is 0.971 bits per heavy atom. The van der Waals surface area contributed by atoms with Crippen molar-refractivity contribution in [1.29, 1.82) is 0 Å². The van der Waals surface area contributed by atoms with Gasteiger partial charge in [-0.25, -0.2) is 4.39 Å². The minimum Gasteiger partial charge on any atom is -0.379 e. The van der Waals surface area contributed by atoms with E-state index < -0.39 is 32.6 Å². The van der Waals surface area contributed by atoms with E-state index in [4.69, 9.17) is 4.18 Å². The summed E-state index contributed by atoms with van der Waals surface area (Å²) < 4.78 is 81.9. The summed E-state index contributed by atoms with van der Waals surface area (Å²) in [5, 5.41) is 0. The number of rotatable bonds is 8. The van der Waals surface area contributed by atoms with Crippen molar-refractivity contribution in [3.63, 3.8) is 0 Å². The summed E-state index contributed by atoms with van der Waals surface area (Å²) in [6.45, 7) is 4.52. The second kappa shape index (κ2) is 10.5. The molecule has 0 fully saturated rings. The summed E-state index contributed by atoms with van der Waals surface area (Å²) in [5.74, 6) is -0.676. The number of carbonyl (C=O) groups is 1. The fraction of sp³-hybridized carbons (Fsp3) is 0.240. The molecule has 0 saturated heterocycles. The Labute approximate surface area is 201 Å². The molecule has 0 unspecified atom stereocenters. The molecule has 0 aromatic heterocycles. The second-order valence-electron chi connectivity index (χ2n) is 8.29. The molecular weight excluding hydrogens is 486 g/mol. The lowest BCUT2D eigenvalue weighted by Crippen LogP contribution is -2.33. The molecule has 0 spiro atoms. The highest BCUT2D eigenvalue weighted by molar-refractivity contribution is 7.87. The summed E-state index contributed by atoms with van der Waals surface area (Å²) in [6, 6.07) is 14.3. The quantitative estimate of drug-likeness (QED) is 0.280. The fourth-order valence-corrected chi connectivity index (χ4v) is 4.29. The van der Waals surface area contributed by atoms with Gasteiger partial charge in [-0.3, -0.25) is 4.79 Å². The van der Waals surface area contributed by atoms with Crippen molar-refractivity contribution in [3.8, 4) is 5.75 Å². The molecule has 0 heterocycles. The molecule has 3 aromatic carbocycles. The van der Waals surface area contributed by atoms with Gasteiger partial charge >= 0.3 is 16.3 Å². The molecule has 0 aliphatic rings. The van der Waals surface area contributed by atoms with Crippen molar-refractivity contribution < 1.29 is 35.0 Å². The van der Waals surface area contributed by atoms with Crippen LogP contribution in [0.5, 0.6) is 5.75 Å². The van der Waals surface area contributed by atoms with Crippen LogP contribution in [0.25, 0.3) is 0 Å². The third-order valence-corrected chi connectivity index (χ3v) is 6.16. The Morgan fingerprint density at radius 3 is 2.17 bits per heavy atom. The summed E-state index contributed by atoms with van der Waals surface area (Å²) >= 11 is 0. The maximum atomic E-state index is 13.2. The maximum absolute atomic E-state index is 13.2. The van der Waals surface area contributed by atoms with Gasteiger partial charge in [0, 0.05) is 18.7 Å². The highest BCUT2D eigenvalue weighted by atomic mass is 32.2. The van der Waals surface area contributed by atoms with E-state index in [1.165, 1.54) is 36.4 Å². The van der Waals surface area contributed by atoms with Crippen LogP contribution in [0.1, 0.15) is 35.3 Å². The molecule has 10 heteroatoms. The lowest BCUT2D eigenvalue weighted by atomic mass is 10.1. The SMILES string of the molecule is CC(C)CN(Cc1ccc(OS(=O)(=O)c2cccc(C(F)(F)F)c2)cc1)C(=O)c1ccc(F)cc1. The van der Waals surface area contributed by atoms with Crippen molar-refractivity contribution in [3.05, 3.63) is 95.3 Å². The molecular formula is C25H23F4NO4S. The molecule has 5 nitrogen and oxygen atoms in total. The first-order valence-corrected chi connectivity index (χ1v) is 12.0. The van der Waals surface area contributed by atoms with Crippen LogP contribution < -0.4 is 4.18 Å². The Morgan fingerprint density at radius 2 is 1.60 bits per heavy atom. The largest absolute Gasteiger partial charge is 0.416 e. The van der Waals surface area contributed by atoms with E-state index in [2.05, 4.69) is 0 Å². The van der Waals surface area contributed by atoms with Gasteiger partial charge in [-0.1, -0.05) is 32.0 Å². The van der Waals surface area contributed by atoms with Gasteiger partial charge in [-0.05, 0) is 66.1 Å². The van der Waals surface area contributed by atoms with E-state index in [1.54, 1.807) is 17.0 Å². The normalized spacial score (nSPS) is 12.0. The number of benzene rings is 3. The van der Waals surface area contributed by atoms with Crippen molar-refractivity contribution in [2.24, 2.45) is 5.92 Å². The van der Waals surface area contributed by atoms with Crippen molar-refractivity contribution in [2.75, 3.05) is 6.54 Å². The van der Waals surface area contributed by atoms with E-state index in [-0.39, 0.29) is 24.1 Å². The van der Waals surface area contributed by atoms with E-state index in [0.29, 0.717) is 23.7 Å². The lowest BCUT2D eigenvalue weighted by Gasteiger charge is -2.25. The summed E-state index contributed by atoms with van der Waals surface area (Å²) in [4.78, 5) is 13.9. The molecule has 0 saturated carbocycles. The van der Waals surface area contributed by atoms with Gasteiger partial charge in [0.25, 0.3) is 5.91 Å². The fourth-order valence-electron chi connectivity index (χ4n) is 3.31. The predicted octanol–water partition coefficient (Wildman–Crippen LogP) is 5.91. The zero-order valence-electron chi connectivity index (χ0n) is 18.9. The van der Waals surface area contributed by atoms with Crippen LogP contribution in [0.3, 0.4) is 0 Å². The zero-order valence-corrected chi connectivity index (χ0v) is 19.7. The van der Waals surface area contributed by atoms with Gasteiger partial charge in [0.2, 0.25) is 0 Å². The Hall–Kier alpha value is -3.40. The van der Waals surface area contributed by atoms with Crippen LogP contribution >= 0.6 is 0 Å². The minimum absolute atomic E-state index is 0.0913. The second-order valence-corrected chi connectivity index (χ2v) is 9.84. The molecule has 1 amide bonds. The molecule has 0 aliphatic carbocycles. The highest BCUT2D eigenvalue weighted by Gasteiger charge is 2.32. The summed E-state index contributed by atoms with van der Waals surface area (Å²) in [6.07, 6.45) is -4.69. The third-order valence-electron chi connectivity index (χ3n) is 4.92. The van der Waals surface area contributed by atoms with Gasteiger partial charge in [0.1, 0.15) is 16.5 Å². The molecule has 0 bridgehead atoms. The standard InChI is InChI=1S/C25H23F4NO4S/c1-17(2)15-30(24(31)19-8-10-21(26)11-9-19)16-18-6-12-22(13-7-18)34-35(32,33)23-5-3-4-20(14-23)25(27,28)29/h3-14,17H,15-16H2,1-2H3. The van der Waals surface area contributed by atoms with Crippen LogP contribution in [-0.2, 0) is 22.8 Å². The van der Waals surface area contributed by atoms with E-state index >= 15 is 0 Å². The van der Waals surface area contributed by atoms with Crippen LogP contribution in [0.15, 0.2) is 77.7 Å². The number of hydrogen-bond acceptors (Lipinski definition) is 4. The minimum atomic E-state index is -4.69. The van der Waals surface area contributed by atoms with Gasteiger partial charge in [-0.15, -0.1) is 0 Å². The highest BCUT2D eigenvalue weighted by Crippen LogP contribution is 2.31. The molecule has 3 rings (SSSR count). The van der Waals surface area contributed by atoms with Gasteiger partial charge in [-0.2, -0.15) is 21.6 Å². The van der Waals surface area contributed by atoms with Crippen LogP contribution in [0, 0.1) is 11.7 Å². The smallest absolute Gasteiger partial charge is 0.379 e. The third kappa shape index (κ3) is 7.05. The van der Waals surface area contributed by atoms with Crippen LogP contribution in [0.4, 0.5) is 17.6 Å². The van der Waals surface area contributed by atoms with E-state index in [1.807, 2.05) is 13.8 Å². The van der Waals surface area contributed by atoms with Crippen LogP contribution in [0.2, 0.25) is 0 Å². The molecule has 3 aromatic rings. The number of hydrogen-bond donors (Lipinski definition) is 0. The predicted molar refractivity (Wildman–Crippen MR) is 122 cm³/mol. The number of alkyl halides is 3. The van der Waals surface area contributed by atoms with Crippen molar-refractivity contribution >= 4 is 16.0 Å². The number of nitrogens with zero attached hydrogens (tertiary/aromatic N) is 1. The Kier molecular flexibility index (Phi) is 7.84. The Bertz CT molecular complexity index is 1270. The van der Waals surface area contributed by atoms with Gasteiger partial charge in [0.05, 0.1) is 5.56 Å². The van der Waals surface area contributed by atoms with Crippen LogP contribution in [-0.4, -0.2) is 25.8 Å². The number of halogens is 4. The van der Waals surface area contributed by atoms with E-state index in [0.717, 1.165) is 18.2 Å². The number of amides is 1. The first kappa shape index (κ1) is 26.2. The molecule has 0 N–H and O–H groups in total. The maximum Gasteiger partial charge on any atom is 0.416 e. The topological polar surface area (TPSA) is 63.7 Å². The molecule has 0 radical (unpaired) electrons. The van der Waals surface area contributed by atoms with Gasteiger partial charge in [0.15, 0.2) is 0 Å². The summed E-state index contributed by atoms with van der Waals surface area (Å²) in [7, 11) is -4.50. The lowest BCUT2D eigenvalue weighted by molar-refractivity contribution is -0.137. The van der Waals surface area contributed by atoms with Crippen molar-refractivity contribution in [2.45, 2.75) is 31.5 Å². The van der Waals surface area contributed by atoms with E-state index in [9.17, 15) is 30.8 Å². The van der Waals surface area contributed by atoms with Crippen molar-refractivity contribution in [1.82, 2.24) is 4.90 Å². The number of carbonyl (C=O) groups excluding carboxylic acids is 1. The van der Waals surface area contributed by atoms with Gasteiger partial charge < -0.3 is 9.08 Å². The monoisotopic (exact) mass is 509 g/mol. The molecule has 0 aliphatic heterocycles. The average Bonchev–Trinajstić information content (AvgIpc) is 2.79.